The molecule has 0 aromatic heterocycles. The largest absolute Gasteiger partial charge is 0.465 e. The minimum Gasteiger partial charge on any atom is -0.465 e. The SMILES string of the molecule is COC(=O)c1ccc(NC(=O)C2CC2C(=O)NCCC2=CCCCC2)cc1. The number of hydrogen-bond donors (Lipinski definition) is 2. The van der Waals surface area contributed by atoms with Crippen molar-refractivity contribution in [2.45, 2.75) is 38.5 Å². The van der Waals surface area contributed by atoms with Crippen molar-refractivity contribution in [1.82, 2.24) is 5.32 Å². The Morgan fingerprint density at radius 2 is 1.81 bits per heavy atom. The molecule has 1 aromatic rings. The number of benzene rings is 1. The van der Waals surface area contributed by atoms with Gasteiger partial charge in [0.2, 0.25) is 11.8 Å². The topological polar surface area (TPSA) is 84.5 Å². The van der Waals surface area contributed by atoms with Gasteiger partial charge in [0.05, 0.1) is 24.5 Å². The number of hydrogen-bond acceptors (Lipinski definition) is 4. The van der Waals surface area contributed by atoms with Gasteiger partial charge < -0.3 is 15.4 Å². The first-order chi connectivity index (χ1) is 13.1. The second-order valence-corrected chi connectivity index (χ2v) is 7.16. The number of amides is 2. The van der Waals surface area contributed by atoms with E-state index in [4.69, 9.17) is 0 Å². The number of carbonyl (C=O) groups is 3. The molecule has 0 aliphatic heterocycles. The van der Waals surface area contributed by atoms with Crippen molar-refractivity contribution in [3.8, 4) is 0 Å². The molecule has 2 aliphatic rings. The molecular weight excluding hydrogens is 344 g/mol. The summed E-state index contributed by atoms with van der Waals surface area (Å²) in [5.41, 5.74) is 2.46. The van der Waals surface area contributed by atoms with E-state index in [0.29, 0.717) is 24.2 Å². The van der Waals surface area contributed by atoms with E-state index in [9.17, 15) is 14.4 Å². The molecule has 144 valence electrons. The molecule has 0 radical (unpaired) electrons. The smallest absolute Gasteiger partial charge is 0.337 e. The summed E-state index contributed by atoms with van der Waals surface area (Å²) in [5, 5.41) is 5.76. The molecule has 1 fully saturated rings. The lowest BCUT2D eigenvalue weighted by Crippen LogP contribution is -2.28. The predicted octanol–water partition coefficient (Wildman–Crippen LogP) is 3.05. The monoisotopic (exact) mass is 370 g/mol. The molecule has 2 amide bonds. The van der Waals surface area contributed by atoms with E-state index in [-0.39, 0.29) is 23.7 Å². The summed E-state index contributed by atoms with van der Waals surface area (Å²) >= 11 is 0. The van der Waals surface area contributed by atoms with Gasteiger partial charge in [0.25, 0.3) is 0 Å². The number of anilines is 1. The highest BCUT2D eigenvalue weighted by molar-refractivity contribution is 5.99. The lowest BCUT2D eigenvalue weighted by molar-refractivity contribution is -0.125. The van der Waals surface area contributed by atoms with E-state index in [1.807, 2.05) is 0 Å². The van der Waals surface area contributed by atoms with Crippen molar-refractivity contribution in [1.29, 1.82) is 0 Å². The van der Waals surface area contributed by atoms with Crippen LogP contribution in [0, 0.1) is 11.8 Å². The van der Waals surface area contributed by atoms with Gasteiger partial charge in [0.15, 0.2) is 0 Å². The second-order valence-electron chi connectivity index (χ2n) is 7.16. The Kier molecular flexibility index (Phi) is 6.27. The van der Waals surface area contributed by atoms with Crippen LogP contribution in [0.2, 0.25) is 0 Å². The van der Waals surface area contributed by atoms with Crippen LogP contribution in [-0.2, 0) is 14.3 Å². The number of rotatable bonds is 7. The summed E-state index contributed by atoms with van der Waals surface area (Å²) in [6, 6.07) is 6.50. The summed E-state index contributed by atoms with van der Waals surface area (Å²) in [6.45, 7) is 0.643. The van der Waals surface area contributed by atoms with Crippen molar-refractivity contribution >= 4 is 23.5 Å². The lowest BCUT2D eigenvalue weighted by Gasteiger charge is -2.13. The number of esters is 1. The quantitative estimate of drug-likeness (QED) is 0.571. The number of nitrogens with one attached hydrogen (secondary N) is 2. The number of carbonyl (C=O) groups excluding carboxylic acids is 3. The Morgan fingerprint density at radius 1 is 1.07 bits per heavy atom. The molecule has 3 rings (SSSR count). The Bertz CT molecular complexity index is 739. The van der Waals surface area contributed by atoms with Crippen molar-refractivity contribution < 1.29 is 19.1 Å². The van der Waals surface area contributed by atoms with Crippen LogP contribution in [0.1, 0.15) is 48.9 Å². The molecule has 27 heavy (non-hydrogen) atoms. The van der Waals surface area contributed by atoms with Gasteiger partial charge in [-0.15, -0.1) is 0 Å². The van der Waals surface area contributed by atoms with Gasteiger partial charge in [-0.2, -0.15) is 0 Å². The third kappa shape index (κ3) is 5.18. The van der Waals surface area contributed by atoms with Crippen molar-refractivity contribution in [3.63, 3.8) is 0 Å². The van der Waals surface area contributed by atoms with E-state index in [0.717, 1.165) is 19.3 Å². The van der Waals surface area contributed by atoms with E-state index in [2.05, 4.69) is 21.4 Å². The number of methoxy groups -OCH3 is 1. The zero-order valence-electron chi connectivity index (χ0n) is 15.6. The fourth-order valence-electron chi connectivity index (χ4n) is 3.43. The van der Waals surface area contributed by atoms with Crippen LogP contribution in [0.5, 0.6) is 0 Å². The molecule has 0 bridgehead atoms. The molecule has 2 aliphatic carbocycles. The number of ether oxygens (including phenoxy) is 1. The van der Waals surface area contributed by atoms with Crippen LogP contribution in [0.25, 0.3) is 0 Å². The van der Waals surface area contributed by atoms with E-state index < -0.39 is 5.97 Å². The molecule has 2 unspecified atom stereocenters. The maximum atomic E-state index is 12.3. The summed E-state index contributed by atoms with van der Waals surface area (Å²) < 4.78 is 4.64. The molecular formula is C21H26N2O4. The van der Waals surface area contributed by atoms with Crippen LogP contribution >= 0.6 is 0 Å². The van der Waals surface area contributed by atoms with Crippen LogP contribution in [0.3, 0.4) is 0 Å². The Balaban J connectivity index is 1.41. The third-order valence-corrected chi connectivity index (χ3v) is 5.17. The van der Waals surface area contributed by atoms with Crippen molar-refractivity contribution in [3.05, 3.63) is 41.5 Å². The minimum absolute atomic E-state index is 0.0346. The highest BCUT2D eigenvalue weighted by atomic mass is 16.5. The molecule has 2 N–H and O–H groups in total. The van der Waals surface area contributed by atoms with Gasteiger partial charge in [-0.25, -0.2) is 4.79 Å². The molecule has 6 heteroatoms. The fourth-order valence-corrected chi connectivity index (χ4v) is 3.43. The highest BCUT2D eigenvalue weighted by Crippen LogP contribution is 2.39. The number of allylic oxidation sites excluding steroid dienone is 1. The van der Waals surface area contributed by atoms with Crippen molar-refractivity contribution in [2.24, 2.45) is 11.8 Å². The fraction of sp³-hybridized carbons (Fsp3) is 0.476. The van der Waals surface area contributed by atoms with Gasteiger partial charge >= 0.3 is 5.97 Å². The first-order valence-corrected chi connectivity index (χ1v) is 9.53. The Morgan fingerprint density at radius 3 is 2.48 bits per heavy atom. The summed E-state index contributed by atoms with van der Waals surface area (Å²) in [5.74, 6) is -1.13. The summed E-state index contributed by atoms with van der Waals surface area (Å²) in [6.07, 6.45) is 8.57. The maximum Gasteiger partial charge on any atom is 0.337 e. The first kappa shape index (κ1) is 19.1. The molecule has 6 nitrogen and oxygen atoms in total. The van der Waals surface area contributed by atoms with E-state index in [1.165, 1.54) is 25.5 Å². The third-order valence-electron chi connectivity index (χ3n) is 5.17. The van der Waals surface area contributed by atoms with Crippen LogP contribution < -0.4 is 10.6 Å². The van der Waals surface area contributed by atoms with E-state index in [1.54, 1.807) is 24.3 Å². The van der Waals surface area contributed by atoms with Crippen molar-refractivity contribution in [2.75, 3.05) is 19.0 Å². The van der Waals surface area contributed by atoms with E-state index >= 15 is 0 Å². The van der Waals surface area contributed by atoms with Crippen LogP contribution in [0.15, 0.2) is 35.9 Å². The van der Waals surface area contributed by atoms with Crippen LogP contribution in [-0.4, -0.2) is 31.4 Å². The van der Waals surface area contributed by atoms with Gasteiger partial charge in [-0.1, -0.05) is 11.6 Å². The molecule has 0 saturated heterocycles. The molecule has 2 atom stereocenters. The van der Waals surface area contributed by atoms with Gasteiger partial charge in [-0.05, 0) is 62.8 Å². The first-order valence-electron chi connectivity index (χ1n) is 9.53. The average molecular weight is 370 g/mol. The highest BCUT2D eigenvalue weighted by Gasteiger charge is 2.47. The Labute approximate surface area is 159 Å². The molecule has 1 aromatic carbocycles. The molecule has 1 saturated carbocycles. The van der Waals surface area contributed by atoms with Gasteiger partial charge in [0, 0.05) is 12.2 Å². The minimum atomic E-state index is -0.421. The van der Waals surface area contributed by atoms with Gasteiger partial charge in [0.1, 0.15) is 0 Å². The van der Waals surface area contributed by atoms with Crippen LogP contribution in [0.4, 0.5) is 5.69 Å². The zero-order valence-corrected chi connectivity index (χ0v) is 15.6. The average Bonchev–Trinajstić information content (AvgIpc) is 3.50. The zero-order chi connectivity index (χ0) is 19.2. The maximum absolute atomic E-state index is 12.3. The Hall–Kier alpha value is -2.63. The summed E-state index contributed by atoms with van der Waals surface area (Å²) in [7, 11) is 1.32. The van der Waals surface area contributed by atoms with Gasteiger partial charge in [-0.3, -0.25) is 9.59 Å². The standard InChI is InChI=1S/C21H26N2O4/c1-27-21(26)15-7-9-16(10-8-15)23-20(25)18-13-17(18)19(24)22-12-11-14-5-3-2-4-6-14/h5,7-10,17-18H,2-4,6,11-13H2,1H3,(H,22,24)(H,23,25). The molecule has 0 heterocycles. The lowest BCUT2D eigenvalue weighted by atomic mass is 9.97. The molecule has 0 spiro atoms. The second kappa shape index (κ2) is 8.84. The predicted molar refractivity (Wildman–Crippen MR) is 102 cm³/mol. The summed E-state index contributed by atoms with van der Waals surface area (Å²) in [4.78, 5) is 35.9. The normalized spacial score (nSPS) is 21.0.